The molecular weight excluding hydrogens is 244 g/mol. The van der Waals surface area contributed by atoms with Crippen molar-refractivity contribution in [3.63, 3.8) is 0 Å². The van der Waals surface area contributed by atoms with Crippen LogP contribution in [0.5, 0.6) is 0 Å². The van der Waals surface area contributed by atoms with Crippen LogP contribution in [0, 0.1) is 0 Å². The van der Waals surface area contributed by atoms with Crippen LogP contribution in [0.25, 0.3) is 0 Å². The van der Waals surface area contributed by atoms with Crippen LogP contribution in [0.1, 0.15) is 45.0 Å². The Bertz CT molecular complexity index is 392. The van der Waals surface area contributed by atoms with Gasteiger partial charge in [0.25, 0.3) is 0 Å². The Kier molecular flexibility index (Phi) is 4.90. The van der Waals surface area contributed by atoms with E-state index >= 15 is 0 Å². The van der Waals surface area contributed by atoms with Crippen LogP contribution in [0.2, 0.25) is 0 Å². The van der Waals surface area contributed by atoms with Crippen molar-refractivity contribution in [2.75, 3.05) is 19.7 Å². The SMILES string of the molecule is CC(N)CCc1nc(C2CN(C(C)C)CCO2)no1. The molecule has 0 saturated carbocycles. The quantitative estimate of drug-likeness (QED) is 0.862. The molecule has 0 spiro atoms. The second-order valence-electron chi connectivity index (χ2n) is 5.51. The summed E-state index contributed by atoms with van der Waals surface area (Å²) in [5.41, 5.74) is 5.72. The normalized spacial score (nSPS) is 22.9. The van der Waals surface area contributed by atoms with Crippen LogP contribution >= 0.6 is 0 Å². The van der Waals surface area contributed by atoms with E-state index in [1.54, 1.807) is 0 Å². The number of hydrogen-bond donors (Lipinski definition) is 1. The van der Waals surface area contributed by atoms with Crippen molar-refractivity contribution in [2.45, 2.75) is 51.8 Å². The van der Waals surface area contributed by atoms with Gasteiger partial charge in [-0.3, -0.25) is 4.90 Å². The molecule has 1 aliphatic rings. The number of rotatable bonds is 5. The fourth-order valence-electron chi connectivity index (χ4n) is 2.15. The fraction of sp³-hybridized carbons (Fsp3) is 0.846. The highest BCUT2D eigenvalue weighted by Crippen LogP contribution is 2.21. The molecule has 6 heteroatoms. The van der Waals surface area contributed by atoms with Crippen molar-refractivity contribution in [1.82, 2.24) is 15.0 Å². The van der Waals surface area contributed by atoms with Crippen LogP contribution in [0.3, 0.4) is 0 Å². The van der Waals surface area contributed by atoms with Crippen LogP contribution in [-0.4, -0.2) is 46.8 Å². The van der Waals surface area contributed by atoms with Gasteiger partial charge in [-0.2, -0.15) is 4.98 Å². The first-order valence-corrected chi connectivity index (χ1v) is 7.00. The Morgan fingerprint density at radius 1 is 1.42 bits per heavy atom. The van der Waals surface area contributed by atoms with Crippen molar-refractivity contribution in [3.05, 3.63) is 11.7 Å². The second kappa shape index (κ2) is 6.45. The Labute approximate surface area is 114 Å². The summed E-state index contributed by atoms with van der Waals surface area (Å²) >= 11 is 0. The predicted molar refractivity (Wildman–Crippen MR) is 71.7 cm³/mol. The van der Waals surface area contributed by atoms with Gasteiger partial charge >= 0.3 is 0 Å². The largest absolute Gasteiger partial charge is 0.367 e. The van der Waals surface area contributed by atoms with Crippen molar-refractivity contribution in [2.24, 2.45) is 5.73 Å². The number of ether oxygens (including phenoxy) is 1. The van der Waals surface area contributed by atoms with E-state index in [1.165, 1.54) is 0 Å². The van der Waals surface area contributed by atoms with Crippen molar-refractivity contribution in [3.8, 4) is 0 Å². The van der Waals surface area contributed by atoms with Gasteiger partial charge in [0, 0.05) is 31.6 Å². The molecule has 0 amide bonds. The first-order valence-electron chi connectivity index (χ1n) is 7.00. The van der Waals surface area contributed by atoms with Gasteiger partial charge in [-0.25, -0.2) is 0 Å². The maximum absolute atomic E-state index is 5.73. The third-order valence-corrected chi connectivity index (χ3v) is 3.41. The molecule has 0 bridgehead atoms. The molecule has 2 atom stereocenters. The van der Waals surface area contributed by atoms with Crippen LogP contribution in [0.4, 0.5) is 0 Å². The highest BCUT2D eigenvalue weighted by Gasteiger charge is 2.27. The smallest absolute Gasteiger partial charge is 0.226 e. The van der Waals surface area contributed by atoms with Crippen LogP contribution in [-0.2, 0) is 11.2 Å². The third kappa shape index (κ3) is 3.99. The van der Waals surface area contributed by atoms with E-state index < -0.39 is 0 Å². The monoisotopic (exact) mass is 268 g/mol. The second-order valence-corrected chi connectivity index (χ2v) is 5.51. The maximum atomic E-state index is 5.73. The fourth-order valence-corrected chi connectivity index (χ4v) is 2.15. The maximum Gasteiger partial charge on any atom is 0.226 e. The zero-order valence-electron chi connectivity index (χ0n) is 12.0. The van der Waals surface area contributed by atoms with Crippen molar-refractivity contribution >= 4 is 0 Å². The average molecular weight is 268 g/mol. The summed E-state index contributed by atoms with van der Waals surface area (Å²) in [5, 5.41) is 4.03. The topological polar surface area (TPSA) is 77.4 Å². The third-order valence-electron chi connectivity index (χ3n) is 3.41. The minimum absolute atomic E-state index is 0.0797. The molecule has 1 fully saturated rings. The van der Waals surface area contributed by atoms with E-state index in [2.05, 4.69) is 28.9 Å². The van der Waals surface area contributed by atoms with Gasteiger partial charge in [0.1, 0.15) is 6.10 Å². The number of aromatic nitrogens is 2. The summed E-state index contributed by atoms with van der Waals surface area (Å²) < 4.78 is 11.0. The van der Waals surface area contributed by atoms with E-state index in [0.717, 1.165) is 25.9 Å². The standard InChI is InChI=1S/C13H24N4O2/c1-9(2)17-6-7-18-11(8-17)13-15-12(19-16-13)5-4-10(3)14/h9-11H,4-8,14H2,1-3H3. The molecular formula is C13H24N4O2. The summed E-state index contributed by atoms with van der Waals surface area (Å²) in [6.07, 6.45) is 1.50. The minimum atomic E-state index is -0.0797. The number of nitrogens with two attached hydrogens (primary N) is 1. The Balaban J connectivity index is 1.94. The van der Waals surface area contributed by atoms with E-state index in [4.69, 9.17) is 15.0 Å². The molecule has 1 aromatic rings. The van der Waals surface area contributed by atoms with Gasteiger partial charge < -0.3 is 15.0 Å². The first-order chi connectivity index (χ1) is 9.06. The lowest BCUT2D eigenvalue weighted by Gasteiger charge is -2.34. The van der Waals surface area contributed by atoms with Crippen LogP contribution in [0.15, 0.2) is 4.52 Å². The summed E-state index contributed by atoms with van der Waals surface area (Å²) in [5.74, 6) is 1.31. The minimum Gasteiger partial charge on any atom is -0.367 e. The zero-order chi connectivity index (χ0) is 13.8. The number of nitrogens with zero attached hydrogens (tertiary/aromatic N) is 3. The van der Waals surface area contributed by atoms with Gasteiger partial charge in [0.15, 0.2) is 0 Å². The lowest BCUT2D eigenvalue weighted by Crippen LogP contribution is -2.42. The molecule has 2 heterocycles. The lowest BCUT2D eigenvalue weighted by atomic mass is 10.2. The number of aryl methyl sites for hydroxylation is 1. The molecule has 19 heavy (non-hydrogen) atoms. The molecule has 6 nitrogen and oxygen atoms in total. The van der Waals surface area contributed by atoms with E-state index in [0.29, 0.717) is 24.4 Å². The van der Waals surface area contributed by atoms with Crippen LogP contribution < -0.4 is 5.73 Å². The molecule has 1 aliphatic heterocycles. The highest BCUT2D eigenvalue weighted by atomic mass is 16.5. The Hall–Kier alpha value is -0.980. The van der Waals surface area contributed by atoms with Gasteiger partial charge in [0.2, 0.25) is 11.7 Å². The van der Waals surface area contributed by atoms with Gasteiger partial charge in [-0.15, -0.1) is 0 Å². The Morgan fingerprint density at radius 3 is 2.89 bits per heavy atom. The van der Waals surface area contributed by atoms with E-state index in [-0.39, 0.29) is 12.1 Å². The van der Waals surface area contributed by atoms with Gasteiger partial charge in [-0.1, -0.05) is 5.16 Å². The van der Waals surface area contributed by atoms with Gasteiger partial charge in [0.05, 0.1) is 6.61 Å². The summed E-state index contributed by atoms with van der Waals surface area (Å²) in [4.78, 5) is 6.78. The predicted octanol–water partition coefficient (Wildman–Crippen LogP) is 1.13. The van der Waals surface area contributed by atoms with Gasteiger partial charge in [-0.05, 0) is 27.2 Å². The van der Waals surface area contributed by atoms with E-state index in [1.807, 2.05) is 6.92 Å². The zero-order valence-corrected chi connectivity index (χ0v) is 12.0. The number of morpholine rings is 1. The first kappa shape index (κ1) is 14.4. The molecule has 2 rings (SSSR count). The van der Waals surface area contributed by atoms with Crippen molar-refractivity contribution in [1.29, 1.82) is 0 Å². The molecule has 0 aliphatic carbocycles. The number of hydrogen-bond acceptors (Lipinski definition) is 6. The summed E-state index contributed by atoms with van der Waals surface area (Å²) in [6, 6.07) is 0.661. The molecule has 2 N–H and O–H groups in total. The molecule has 1 aromatic heterocycles. The van der Waals surface area contributed by atoms with E-state index in [9.17, 15) is 0 Å². The molecule has 0 aromatic carbocycles. The molecule has 108 valence electrons. The molecule has 0 radical (unpaired) electrons. The molecule has 2 unspecified atom stereocenters. The lowest BCUT2D eigenvalue weighted by molar-refractivity contribution is -0.0450. The van der Waals surface area contributed by atoms with Crippen molar-refractivity contribution < 1.29 is 9.26 Å². The average Bonchev–Trinajstić information content (AvgIpc) is 2.85. The summed E-state index contributed by atoms with van der Waals surface area (Å²) in [7, 11) is 0. The molecule has 1 saturated heterocycles. The summed E-state index contributed by atoms with van der Waals surface area (Å²) in [6.45, 7) is 8.85. The Morgan fingerprint density at radius 2 is 2.21 bits per heavy atom. The highest BCUT2D eigenvalue weighted by molar-refractivity contribution is 4.95.